The van der Waals surface area contributed by atoms with Gasteiger partial charge in [-0.15, -0.1) is 0 Å². The first-order valence-corrected chi connectivity index (χ1v) is 6.46. The Morgan fingerprint density at radius 1 is 0.895 bits per heavy atom. The average Bonchev–Trinajstić information content (AvgIpc) is 2.41. The monoisotopic (exact) mass is 289 g/mol. The summed E-state index contributed by atoms with van der Waals surface area (Å²) < 4.78 is 5.85. The van der Waals surface area contributed by atoms with Crippen LogP contribution < -0.4 is 4.74 Å². The lowest BCUT2D eigenvalue weighted by Crippen LogP contribution is -1.88. The number of nitrogens with zero attached hydrogens (tertiary/aromatic N) is 1. The number of rotatable bonds is 2. The molecule has 0 unspecified atom stereocenters. The zero-order valence-corrected chi connectivity index (χ0v) is 11.3. The number of hydrogen-bond acceptors (Lipinski definition) is 2. The minimum atomic E-state index is 0.571. The minimum Gasteiger partial charge on any atom is -0.455 e. The maximum absolute atomic E-state index is 6.09. The predicted octanol–water partition coefficient (Wildman–Crippen LogP) is 5.33. The van der Waals surface area contributed by atoms with E-state index in [1.54, 1.807) is 24.4 Å². The highest BCUT2D eigenvalue weighted by atomic mass is 35.5. The van der Waals surface area contributed by atoms with Crippen LogP contribution in [0.15, 0.2) is 54.7 Å². The second-order valence-corrected chi connectivity index (χ2v) is 4.85. The van der Waals surface area contributed by atoms with Crippen LogP contribution in [0.25, 0.3) is 10.9 Å². The molecule has 0 aliphatic carbocycles. The summed E-state index contributed by atoms with van der Waals surface area (Å²) in [6, 6.07) is 14.7. The number of halogens is 2. The normalized spacial score (nSPS) is 10.6. The molecule has 3 rings (SSSR count). The fourth-order valence-electron chi connectivity index (χ4n) is 1.83. The zero-order valence-electron chi connectivity index (χ0n) is 9.81. The van der Waals surface area contributed by atoms with Gasteiger partial charge < -0.3 is 4.74 Å². The first-order valence-electron chi connectivity index (χ1n) is 5.71. The van der Waals surface area contributed by atoms with Crippen LogP contribution in [0.2, 0.25) is 10.0 Å². The molecule has 0 fully saturated rings. The topological polar surface area (TPSA) is 22.1 Å². The van der Waals surface area contributed by atoms with Gasteiger partial charge in [0, 0.05) is 16.6 Å². The van der Waals surface area contributed by atoms with Gasteiger partial charge in [0.2, 0.25) is 0 Å². The van der Waals surface area contributed by atoms with Gasteiger partial charge in [0.1, 0.15) is 11.5 Å². The van der Waals surface area contributed by atoms with Crippen LogP contribution in [0.5, 0.6) is 11.5 Å². The maximum Gasteiger partial charge on any atom is 0.146 e. The smallest absolute Gasteiger partial charge is 0.146 e. The first-order chi connectivity index (χ1) is 9.24. The van der Waals surface area contributed by atoms with Gasteiger partial charge in [-0.1, -0.05) is 35.3 Å². The number of fused-ring (bicyclic) bond motifs is 1. The Balaban J connectivity index is 2.09. The van der Waals surface area contributed by atoms with E-state index in [9.17, 15) is 0 Å². The van der Waals surface area contributed by atoms with E-state index in [2.05, 4.69) is 4.98 Å². The third kappa shape index (κ3) is 2.50. The molecule has 0 bridgehead atoms. The molecule has 0 amide bonds. The summed E-state index contributed by atoms with van der Waals surface area (Å²) in [4.78, 5) is 4.27. The van der Waals surface area contributed by atoms with Crippen molar-refractivity contribution in [1.82, 2.24) is 4.98 Å². The lowest BCUT2D eigenvalue weighted by atomic mass is 10.2. The summed E-state index contributed by atoms with van der Waals surface area (Å²) >= 11 is 12.0. The largest absolute Gasteiger partial charge is 0.455 e. The highest BCUT2D eigenvalue weighted by Gasteiger charge is 2.07. The minimum absolute atomic E-state index is 0.571. The Labute approximate surface area is 120 Å². The number of aromatic nitrogens is 1. The van der Waals surface area contributed by atoms with Crippen molar-refractivity contribution < 1.29 is 4.74 Å². The Morgan fingerprint density at radius 3 is 2.58 bits per heavy atom. The summed E-state index contributed by atoms with van der Waals surface area (Å²) in [5.41, 5.74) is 0.789. The van der Waals surface area contributed by atoms with Crippen LogP contribution in [0.4, 0.5) is 0 Å². The van der Waals surface area contributed by atoms with E-state index < -0.39 is 0 Å². The number of hydrogen-bond donors (Lipinski definition) is 0. The van der Waals surface area contributed by atoms with Crippen molar-refractivity contribution in [3.05, 3.63) is 64.8 Å². The van der Waals surface area contributed by atoms with Crippen LogP contribution in [-0.4, -0.2) is 4.98 Å². The molecule has 0 radical (unpaired) electrons. The molecular formula is C15H9Cl2NO. The van der Waals surface area contributed by atoms with Crippen molar-refractivity contribution >= 4 is 34.1 Å². The third-order valence-electron chi connectivity index (χ3n) is 2.72. The molecule has 0 aliphatic heterocycles. The summed E-state index contributed by atoms with van der Waals surface area (Å²) in [6.45, 7) is 0. The van der Waals surface area contributed by atoms with E-state index in [1.165, 1.54) is 0 Å². The van der Waals surface area contributed by atoms with Crippen molar-refractivity contribution in [2.24, 2.45) is 0 Å². The van der Waals surface area contributed by atoms with E-state index in [1.807, 2.05) is 30.3 Å². The Bertz CT molecular complexity index is 743. The van der Waals surface area contributed by atoms with E-state index in [4.69, 9.17) is 27.9 Å². The number of para-hydroxylation sites is 1. The molecule has 4 heteroatoms. The molecule has 94 valence electrons. The van der Waals surface area contributed by atoms with Crippen LogP contribution in [0, 0.1) is 0 Å². The molecule has 0 aliphatic rings. The molecule has 0 saturated carbocycles. The van der Waals surface area contributed by atoms with Gasteiger partial charge in [0.25, 0.3) is 0 Å². The average molecular weight is 290 g/mol. The van der Waals surface area contributed by atoms with Gasteiger partial charge in [-0.05, 0) is 36.4 Å². The standard InChI is InChI=1S/C15H9Cl2NO/c16-10-5-6-11-13(9-10)18-8-7-14(11)19-15-4-2-1-3-12(15)17/h1-9H. The molecular weight excluding hydrogens is 281 g/mol. The van der Waals surface area contributed by atoms with Gasteiger partial charge in [-0.2, -0.15) is 0 Å². The Kier molecular flexibility index (Phi) is 3.28. The van der Waals surface area contributed by atoms with Crippen molar-refractivity contribution in [3.63, 3.8) is 0 Å². The first kappa shape index (κ1) is 12.3. The van der Waals surface area contributed by atoms with Gasteiger partial charge in [0.15, 0.2) is 0 Å². The molecule has 3 aromatic rings. The molecule has 0 saturated heterocycles. The maximum atomic E-state index is 6.09. The highest BCUT2D eigenvalue weighted by Crippen LogP contribution is 2.33. The lowest BCUT2D eigenvalue weighted by Gasteiger charge is -2.09. The third-order valence-corrected chi connectivity index (χ3v) is 3.27. The molecule has 0 spiro atoms. The number of pyridine rings is 1. The van der Waals surface area contributed by atoms with Crippen molar-refractivity contribution in [3.8, 4) is 11.5 Å². The number of ether oxygens (including phenoxy) is 1. The summed E-state index contributed by atoms with van der Waals surface area (Å²) in [7, 11) is 0. The van der Waals surface area contributed by atoms with Gasteiger partial charge in [-0.3, -0.25) is 4.98 Å². The van der Waals surface area contributed by atoms with E-state index in [0.29, 0.717) is 21.5 Å². The van der Waals surface area contributed by atoms with Gasteiger partial charge in [0.05, 0.1) is 10.5 Å². The van der Waals surface area contributed by atoms with E-state index >= 15 is 0 Å². The predicted molar refractivity (Wildman–Crippen MR) is 78.3 cm³/mol. The van der Waals surface area contributed by atoms with Gasteiger partial charge in [-0.25, -0.2) is 0 Å². The quantitative estimate of drug-likeness (QED) is 0.636. The van der Waals surface area contributed by atoms with E-state index in [-0.39, 0.29) is 0 Å². The van der Waals surface area contributed by atoms with Crippen molar-refractivity contribution in [1.29, 1.82) is 0 Å². The van der Waals surface area contributed by atoms with Gasteiger partial charge >= 0.3 is 0 Å². The fraction of sp³-hybridized carbons (Fsp3) is 0. The van der Waals surface area contributed by atoms with Crippen LogP contribution in [0.1, 0.15) is 0 Å². The molecule has 0 atom stereocenters. The van der Waals surface area contributed by atoms with Crippen molar-refractivity contribution in [2.45, 2.75) is 0 Å². The molecule has 19 heavy (non-hydrogen) atoms. The second-order valence-electron chi connectivity index (χ2n) is 4.00. The van der Waals surface area contributed by atoms with E-state index in [0.717, 1.165) is 10.9 Å². The zero-order chi connectivity index (χ0) is 13.2. The molecule has 1 heterocycles. The second kappa shape index (κ2) is 5.08. The summed E-state index contributed by atoms with van der Waals surface area (Å²) in [6.07, 6.45) is 1.69. The molecule has 2 aromatic carbocycles. The number of benzene rings is 2. The fourth-order valence-corrected chi connectivity index (χ4v) is 2.17. The van der Waals surface area contributed by atoms with Crippen LogP contribution in [0.3, 0.4) is 0 Å². The lowest BCUT2D eigenvalue weighted by molar-refractivity contribution is 0.488. The SMILES string of the molecule is Clc1ccc2c(Oc3ccccc3Cl)ccnc2c1. The van der Waals surface area contributed by atoms with Crippen LogP contribution in [-0.2, 0) is 0 Å². The summed E-state index contributed by atoms with van der Waals surface area (Å²) in [5, 5.41) is 2.11. The highest BCUT2D eigenvalue weighted by molar-refractivity contribution is 6.32. The molecule has 1 aromatic heterocycles. The molecule has 2 nitrogen and oxygen atoms in total. The Hall–Kier alpha value is -1.77. The summed E-state index contributed by atoms with van der Waals surface area (Å²) in [5.74, 6) is 1.32. The Morgan fingerprint density at radius 2 is 1.74 bits per heavy atom. The van der Waals surface area contributed by atoms with Crippen LogP contribution >= 0.6 is 23.2 Å². The molecule has 0 N–H and O–H groups in total. The van der Waals surface area contributed by atoms with Crippen molar-refractivity contribution in [2.75, 3.05) is 0 Å².